The number of benzene rings is 4. The van der Waals surface area contributed by atoms with Gasteiger partial charge in [-0.25, -0.2) is 0 Å². The SMILES string of the molecule is CC(c1ccc(Cc2ccccc2)cc1)c1ccc2c(c1)Cc1ccccc1C2. The summed E-state index contributed by atoms with van der Waals surface area (Å²) in [6.45, 7) is 2.32. The molecule has 0 spiro atoms. The van der Waals surface area contributed by atoms with Crippen molar-refractivity contribution in [1.82, 2.24) is 0 Å². The highest BCUT2D eigenvalue weighted by molar-refractivity contribution is 5.48. The van der Waals surface area contributed by atoms with Gasteiger partial charge in [0.15, 0.2) is 0 Å². The topological polar surface area (TPSA) is 0 Å². The zero-order valence-corrected chi connectivity index (χ0v) is 16.9. The summed E-state index contributed by atoms with van der Waals surface area (Å²) in [5, 5.41) is 0. The monoisotopic (exact) mass is 374 g/mol. The van der Waals surface area contributed by atoms with Gasteiger partial charge in [-0.15, -0.1) is 0 Å². The van der Waals surface area contributed by atoms with Gasteiger partial charge in [-0.2, -0.15) is 0 Å². The molecule has 4 aromatic rings. The maximum atomic E-state index is 2.44. The average Bonchev–Trinajstić information content (AvgIpc) is 2.78. The summed E-state index contributed by atoms with van der Waals surface area (Å²) in [7, 11) is 0. The molecule has 1 aliphatic carbocycles. The molecule has 0 heteroatoms. The molecule has 1 atom stereocenters. The second-order valence-electron chi connectivity index (χ2n) is 8.28. The Labute approximate surface area is 173 Å². The molecule has 0 amide bonds. The maximum Gasteiger partial charge on any atom is 0.00611 e. The summed E-state index contributed by atoms with van der Waals surface area (Å²) in [4.78, 5) is 0. The van der Waals surface area contributed by atoms with Gasteiger partial charge in [-0.1, -0.05) is 104 Å². The van der Waals surface area contributed by atoms with Crippen LogP contribution < -0.4 is 0 Å². The molecular formula is C29H26. The van der Waals surface area contributed by atoms with Crippen molar-refractivity contribution in [2.24, 2.45) is 0 Å². The third kappa shape index (κ3) is 3.76. The second-order valence-corrected chi connectivity index (χ2v) is 8.28. The van der Waals surface area contributed by atoms with Gasteiger partial charge < -0.3 is 0 Å². The summed E-state index contributed by atoms with van der Waals surface area (Å²) in [6, 6.07) is 35.8. The van der Waals surface area contributed by atoms with Crippen LogP contribution in [0.4, 0.5) is 0 Å². The first-order valence-corrected chi connectivity index (χ1v) is 10.6. The molecule has 0 nitrogen and oxygen atoms in total. The molecule has 0 radical (unpaired) electrons. The normalized spacial score (nSPS) is 13.4. The molecule has 0 aromatic heterocycles. The number of fused-ring (bicyclic) bond motifs is 2. The Kier molecular flexibility index (Phi) is 4.77. The van der Waals surface area contributed by atoms with E-state index in [1.165, 1.54) is 44.5 Å². The quantitative estimate of drug-likeness (QED) is 0.320. The molecule has 1 aliphatic rings. The molecule has 1 unspecified atom stereocenters. The van der Waals surface area contributed by atoms with Crippen molar-refractivity contribution < 1.29 is 0 Å². The highest BCUT2D eigenvalue weighted by atomic mass is 14.2. The van der Waals surface area contributed by atoms with Crippen LogP contribution in [0.15, 0.2) is 97.1 Å². The van der Waals surface area contributed by atoms with Crippen molar-refractivity contribution in [1.29, 1.82) is 0 Å². The van der Waals surface area contributed by atoms with Crippen LogP contribution in [-0.4, -0.2) is 0 Å². The van der Waals surface area contributed by atoms with Gasteiger partial charge in [0.05, 0.1) is 0 Å². The van der Waals surface area contributed by atoms with Crippen LogP contribution in [-0.2, 0) is 19.3 Å². The van der Waals surface area contributed by atoms with Crippen LogP contribution in [0.2, 0.25) is 0 Å². The summed E-state index contributed by atoms with van der Waals surface area (Å²) < 4.78 is 0. The molecule has 0 saturated carbocycles. The molecule has 0 bridgehead atoms. The largest absolute Gasteiger partial charge is 0.0622 e. The lowest BCUT2D eigenvalue weighted by atomic mass is 9.83. The van der Waals surface area contributed by atoms with Crippen molar-refractivity contribution in [3.63, 3.8) is 0 Å². The smallest absolute Gasteiger partial charge is 0.00611 e. The van der Waals surface area contributed by atoms with E-state index in [1.54, 1.807) is 0 Å². The first-order chi connectivity index (χ1) is 14.3. The maximum absolute atomic E-state index is 2.44. The van der Waals surface area contributed by atoms with Gasteiger partial charge in [-0.3, -0.25) is 0 Å². The molecule has 4 aromatic carbocycles. The van der Waals surface area contributed by atoms with E-state index in [9.17, 15) is 0 Å². The second kappa shape index (κ2) is 7.72. The third-order valence-electron chi connectivity index (χ3n) is 6.34. The van der Waals surface area contributed by atoms with E-state index >= 15 is 0 Å². The lowest BCUT2D eigenvalue weighted by Crippen LogP contribution is -2.08. The van der Waals surface area contributed by atoms with Crippen molar-refractivity contribution in [2.75, 3.05) is 0 Å². The van der Waals surface area contributed by atoms with Gasteiger partial charge in [0, 0.05) is 5.92 Å². The predicted molar refractivity (Wildman–Crippen MR) is 122 cm³/mol. The third-order valence-corrected chi connectivity index (χ3v) is 6.34. The van der Waals surface area contributed by atoms with Gasteiger partial charge in [0.2, 0.25) is 0 Å². The van der Waals surface area contributed by atoms with E-state index in [2.05, 4.69) is 104 Å². The number of rotatable bonds is 4. The van der Waals surface area contributed by atoms with E-state index in [4.69, 9.17) is 0 Å². The van der Waals surface area contributed by atoms with Gasteiger partial charge in [0.25, 0.3) is 0 Å². The fourth-order valence-corrected chi connectivity index (χ4v) is 4.51. The Morgan fingerprint density at radius 3 is 1.83 bits per heavy atom. The molecular weight excluding hydrogens is 348 g/mol. The molecule has 29 heavy (non-hydrogen) atoms. The summed E-state index contributed by atoms with van der Waals surface area (Å²) in [5.41, 5.74) is 11.5. The van der Waals surface area contributed by atoms with Crippen molar-refractivity contribution in [3.8, 4) is 0 Å². The van der Waals surface area contributed by atoms with E-state index in [1.807, 2.05) is 0 Å². The minimum Gasteiger partial charge on any atom is -0.0622 e. The number of hydrogen-bond acceptors (Lipinski definition) is 0. The van der Waals surface area contributed by atoms with Crippen molar-refractivity contribution in [3.05, 3.63) is 142 Å². The van der Waals surface area contributed by atoms with E-state index in [-0.39, 0.29) is 0 Å². The fraction of sp³-hybridized carbons (Fsp3) is 0.172. The van der Waals surface area contributed by atoms with Crippen LogP contribution in [0.25, 0.3) is 0 Å². The van der Waals surface area contributed by atoms with Crippen molar-refractivity contribution >= 4 is 0 Å². The van der Waals surface area contributed by atoms with Crippen LogP contribution >= 0.6 is 0 Å². The average molecular weight is 375 g/mol. The Morgan fingerprint density at radius 1 is 0.552 bits per heavy atom. The first kappa shape index (κ1) is 17.9. The zero-order valence-electron chi connectivity index (χ0n) is 16.9. The highest BCUT2D eigenvalue weighted by Gasteiger charge is 2.17. The number of hydrogen-bond donors (Lipinski definition) is 0. The van der Waals surface area contributed by atoms with Gasteiger partial charge in [-0.05, 0) is 63.8 Å². The minimum absolute atomic E-state index is 0.406. The van der Waals surface area contributed by atoms with Crippen LogP contribution in [0.3, 0.4) is 0 Å². The van der Waals surface area contributed by atoms with E-state index < -0.39 is 0 Å². The Morgan fingerprint density at radius 2 is 1.10 bits per heavy atom. The molecule has 0 aliphatic heterocycles. The molecule has 0 saturated heterocycles. The van der Waals surface area contributed by atoms with Crippen LogP contribution in [0.5, 0.6) is 0 Å². The molecule has 0 N–H and O–H groups in total. The summed E-state index contributed by atoms with van der Waals surface area (Å²) in [5.74, 6) is 0.406. The summed E-state index contributed by atoms with van der Waals surface area (Å²) in [6.07, 6.45) is 3.12. The summed E-state index contributed by atoms with van der Waals surface area (Å²) >= 11 is 0. The zero-order chi connectivity index (χ0) is 19.6. The Bertz CT molecular complexity index is 1120. The van der Waals surface area contributed by atoms with E-state index in [0.717, 1.165) is 19.3 Å². The highest BCUT2D eigenvalue weighted by Crippen LogP contribution is 2.31. The van der Waals surface area contributed by atoms with Gasteiger partial charge in [0.1, 0.15) is 0 Å². The van der Waals surface area contributed by atoms with E-state index in [0.29, 0.717) is 5.92 Å². The fourth-order valence-electron chi connectivity index (χ4n) is 4.51. The molecule has 5 rings (SSSR count). The Hall–Kier alpha value is -3.12. The molecule has 0 fully saturated rings. The first-order valence-electron chi connectivity index (χ1n) is 10.6. The van der Waals surface area contributed by atoms with Crippen LogP contribution in [0, 0.1) is 0 Å². The predicted octanol–water partition coefficient (Wildman–Crippen LogP) is 6.92. The lowest BCUT2D eigenvalue weighted by Gasteiger charge is -2.22. The minimum atomic E-state index is 0.406. The molecule has 0 heterocycles. The standard InChI is InChI=1S/C29H26/c1-21(24-13-11-23(12-14-24)17-22-7-3-2-4-8-22)25-15-16-28-19-26-9-5-6-10-27(26)20-29(28)18-25/h2-16,18,21H,17,19-20H2,1H3. The lowest BCUT2D eigenvalue weighted by molar-refractivity contribution is 0.904. The van der Waals surface area contributed by atoms with Gasteiger partial charge >= 0.3 is 0 Å². The van der Waals surface area contributed by atoms with Crippen molar-refractivity contribution in [2.45, 2.75) is 32.1 Å². The molecule has 142 valence electrons. The van der Waals surface area contributed by atoms with Crippen LogP contribution in [0.1, 0.15) is 57.3 Å². The Balaban J connectivity index is 1.35.